The van der Waals surface area contributed by atoms with Crippen LogP contribution in [-0.4, -0.2) is 30.6 Å². The standard InChI is InChI=1S/C22H27NO2Si/c1-26(2,3)21-19(14-15-24)22(25)23(16-17-10-6-4-7-11-17)20(21)18-12-8-5-9-13-18/h4-13,20,24H,14-16H2,1-3H3. The number of nitrogens with zero attached hydrogens (tertiary/aromatic N) is 1. The van der Waals surface area contributed by atoms with E-state index in [4.69, 9.17) is 0 Å². The molecular weight excluding hydrogens is 338 g/mol. The number of hydrogen-bond acceptors (Lipinski definition) is 2. The van der Waals surface area contributed by atoms with Gasteiger partial charge in [-0.25, -0.2) is 0 Å². The molecule has 2 aromatic carbocycles. The van der Waals surface area contributed by atoms with Crippen molar-refractivity contribution in [1.82, 2.24) is 4.90 Å². The summed E-state index contributed by atoms with van der Waals surface area (Å²) in [6, 6.07) is 20.4. The van der Waals surface area contributed by atoms with Crippen LogP contribution in [0.15, 0.2) is 71.4 Å². The van der Waals surface area contributed by atoms with Gasteiger partial charge in [-0.05, 0) is 16.3 Å². The van der Waals surface area contributed by atoms with Gasteiger partial charge in [0.05, 0.1) is 14.1 Å². The Labute approximate surface area is 157 Å². The third-order valence-electron chi connectivity index (χ3n) is 4.91. The van der Waals surface area contributed by atoms with Crippen LogP contribution < -0.4 is 0 Å². The summed E-state index contributed by atoms with van der Waals surface area (Å²) in [7, 11) is -1.77. The molecule has 1 N–H and O–H groups in total. The first-order chi connectivity index (χ1) is 12.4. The molecule has 1 aliphatic heterocycles. The predicted molar refractivity (Wildman–Crippen MR) is 108 cm³/mol. The Bertz CT molecular complexity index is 794. The molecule has 0 saturated heterocycles. The highest BCUT2D eigenvalue weighted by Crippen LogP contribution is 2.44. The summed E-state index contributed by atoms with van der Waals surface area (Å²) in [6.07, 6.45) is 0.438. The van der Waals surface area contributed by atoms with Gasteiger partial charge in [-0.1, -0.05) is 80.3 Å². The minimum Gasteiger partial charge on any atom is -0.396 e. The van der Waals surface area contributed by atoms with Crippen LogP contribution in [0.4, 0.5) is 0 Å². The molecule has 1 aliphatic rings. The molecule has 0 aromatic heterocycles. The highest BCUT2D eigenvalue weighted by atomic mass is 28.3. The lowest BCUT2D eigenvalue weighted by Crippen LogP contribution is -2.34. The SMILES string of the molecule is C[Si](C)(C)C1=C(CCO)C(=O)N(Cc2ccccc2)C1c1ccccc1. The molecule has 0 spiro atoms. The van der Waals surface area contributed by atoms with Gasteiger partial charge in [0, 0.05) is 25.1 Å². The van der Waals surface area contributed by atoms with Gasteiger partial charge in [-0.3, -0.25) is 4.79 Å². The molecule has 0 aliphatic carbocycles. The number of benzene rings is 2. The van der Waals surface area contributed by atoms with Crippen molar-refractivity contribution >= 4 is 14.0 Å². The molecule has 1 heterocycles. The summed E-state index contributed by atoms with van der Waals surface area (Å²) in [5, 5.41) is 10.8. The van der Waals surface area contributed by atoms with Crippen molar-refractivity contribution in [2.24, 2.45) is 0 Å². The van der Waals surface area contributed by atoms with Crippen LogP contribution >= 0.6 is 0 Å². The molecule has 0 radical (unpaired) electrons. The molecule has 3 rings (SSSR count). The van der Waals surface area contributed by atoms with Crippen molar-refractivity contribution in [3.63, 3.8) is 0 Å². The minimum atomic E-state index is -1.77. The molecule has 3 nitrogen and oxygen atoms in total. The molecule has 0 bridgehead atoms. The van der Waals surface area contributed by atoms with Gasteiger partial charge in [-0.15, -0.1) is 0 Å². The van der Waals surface area contributed by atoms with Crippen molar-refractivity contribution in [2.75, 3.05) is 6.61 Å². The second kappa shape index (κ2) is 7.60. The summed E-state index contributed by atoms with van der Waals surface area (Å²) < 4.78 is 0. The highest BCUT2D eigenvalue weighted by Gasteiger charge is 2.44. The average molecular weight is 366 g/mol. The van der Waals surface area contributed by atoms with Gasteiger partial charge in [0.25, 0.3) is 5.91 Å². The van der Waals surface area contributed by atoms with Crippen molar-refractivity contribution < 1.29 is 9.90 Å². The van der Waals surface area contributed by atoms with Crippen LogP contribution in [0.1, 0.15) is 23.6 Å². The van der Waals surface area contributed by atoms with E-state index < -0.39 is 8.07 Å². The Morgan fingerprint density at radius 1 is 0.962 bits per heavy atom. The van der Waals surface area contributed by atoms with Gasteiger partial charge in [0.2, 0.25) is 0 Å². The second-order valence-corrected chi connectivity index (χ2v) is 12.9. The van der Waals surface area contributed by atoms with Gasteiger partial charge in [0.1, 0.15) is 0 Å². The fraction of sp³-hybridized carbons (Fsp3) is 0.318. The molecular formula is C22H27NO2Si. The van der Waals surface area contributed by atoms with Gasteiger partial charge >= 0.3 is 0 Å². The monoisotopic (exact) mass is 365 g/mol. The molecule has 1 atom stereocenters. The normalized spacial score (nSPS) is 17.9. The molecule has 0 fully saturated rings. The number of carbonyl (C=O) groups is 1. The number of hydrogen-bond donors (Lipinski definition) is 1. The van der Waals surface area contributed by atoms with Crippen LogP contribution in [0.5, 0.6) is 0 Å². The van der Waals surface area contributed by atoms with E-state index in [1.165, 1.54) is 5.20 Å². The minimum absolute atomic E-state index is 0.00966. The van der Waals surface area contributed by atoms with E-state index in [0.29, 0.717) is 13.0 Å². The topological polar surface area (TPSA) is 40.5 Å². The van der Waals surface area contributed by atoms with E-state index in [0.717, 1.165) is 16.7 Å². The molecule has 136 valence electrons. The summed E-state index contributed by atoms with van der Waals surface area (Å²) >= 11 is 0. The van der Waals surface area contributed by atoms with Crippen molar-refractivity contribution in [2.45, 2.75) is 38.6 Å². The number of carbonyl (C=O) groups excluding carboxylic acids is 1. The second-order valence-electron chi connectivity index (χ2n) is 7.85. The lowest BCUT2D eigenvalue weighted by Gasteiger charge is -2.32. The smallest absolute Gasteiger partial charge is 0.250 e. The fourth-order valence-electron chi connectivity index (χ4n) is 3.87. The summed E-state index contributed by atoms with van der Waals surface area (Å²) in [5.74, 6) is 0.0779. The van der Waals surface area contributed by atoms with Crippen LogP contribution in [0, 0.1) is 0 Å². The highest BCUT2D eigenvalue weighted by molar-refractivity contribution is 6.84. The summed E-state index contributed by atoms with van der Waals surface area (Å²) in [5.41, 5.74) is 3.11. The van der Waals surface area contributed by atoms with Crippen molar-refractivity contribution in [3.05, 3.63) is 82.6 Å². The number of aliphatic hydroxyl groups excluding tert-OH is 1. The van der Waals surface area contributed by atoms with Gasteiger partial charge < -0.3 is 10.0 Å². The third kappa shape index (κ3) is 3.66. The largest absolute Gasteiger partial charge is 0.396 e. The first kappa shape index (κ1) is 18.6. The fourth-order valence-corrected chi connectivity index (χ4v) is 6.15. The van der Waals surface area contributed by atoms with Crippen molar-refractivity contribution in [3.8, 4) is 0 Å². The maximum Gasteiger partial charge on any atom is 0.250 e. The number of rotatable bonds is 6. The zero-order chi connectivity index (χ0) is 18.7. The predicted octanol–water partition coefficient (Wildman–Crippen LogP) is 4.33. The Kier molecular flexibility index (Phi) is 5.44. The molecule has 2 aromatic rings. The van der Waals surface area contributed by atoms with Crippen molar-refractivity contribution in [1.29, 1.82) is 0 Å². The Morgan fingerprint density at radius 3 is 2.08 bits per heavy atom. The summed E-state index contributed by atoms with van der Waals surface area (Å²) in [4.78, 5) is 15.3. The van der Waals surface area contributed by atoms with Crippen LogP contribution in [-0.2, 0) is 11.3 Å². The number of amides is 1. The zero-order valence-corrected chi connectivity index (χ0v) is 16.8. The quantitative estimate of drug-likeness (QED) is 0.774. The molecule has 1 amide bonds. The first-order valence-electron chi connectivity index (χ1n) is 9.17. The molecule has 0 saturated carbocycles. The molecule has 26 heavy (non-hydrogen) atoms. The Balaban J connectivity index is 2.10. The first-order valence-corrected chi connectivity index (χ1v) is 12.7. The average Bonchev–Trinajstić information content (AvgIpc) is 2.90. The van der Waals surface area contributed by atoms with E-state index in [1.54, 1.807) is 0 Å². The Hall–Kier alpha value is -2.17. The van der Waals surface area contributed by atoms with Gasteiger partial charge in [0.15, 0.2) is 0 Å². The van der Waals surface area contributed by atoms with E-state index in [9.17, 15) is 9.90 Å². The van der Waals surface area contributed by atoms with Crippen LogP contribution in [0.3, 0.4) is 0 Å². The van der Waals surface area contributed by atoms with E-state index >= 15 is 0 Å². The molecule has 1 unspecified atom stereocenters. The maximum atomic E-state index is 13.3. The van der Waals surface area contributed by atoms with E-state index in [2.05, 4.69) is 43.9 Å². The van der Waals surface area contributed by atoms with Gasteiger partial charge in [-0.2, -0.15) is 0 Å². The lowest BCUT2D eigenvalue weighted by atomic mass is 10.0. The number of aliphatic hydroxyl groups is 1. The zero-order valence-electron chi connectivity index (χ0n) is 15.8. The lowest BCUT2D eigenvalue weighted by molar-refractivity contribution is -0.128. The van der Waals surface area contributed by atoms with Crippen LogP contribution in [0.2, 0.25) is 19.6 Å². The Morgan fingerprint density at radius 2 is 1.54 bits per heavy atom. The maximum absolute atomic E-state index is 13.3. The third-order valence-corrected chi connectivity index (χ3v) is 7.10. The van der Waals surface area contributed by atoms with Crippen LogP contribution in [0.25, 0.3) is 0 Å². The van der Waals surface area contributed by atoms with E-state index in [1.807, 2.05) is 41.3 Å². The van der Waals surface area contributed by atoms with E-state index in [-0.39, 0.29) is 18.6 Å². The molecule has 4 heteroatoms. The summed E-state index contributed by atoms with van der Waals surface area (Å²) in [6.45, 7) is 7.46.